The first kappa shape index (κ1) is 17.7. The van der Waals surface area contributed by atoms with Crippen LogP contribution in [-0.2, 0) is 0 Å². The normalized spacial score (nSPS) is 14.5. The average Bonchev–Trinajstić information content (AvgIpc) is 3.21. The van der Waals surface area contributed by atoms with Gasteiger partial charge in [0, 0.05) is 12.1 Å². The largest absolute Gasteiger partial charge is 0.443 e. The number of hydrogen-bond donors (Lipinski definition) is 2. The summed E-state index contributed by atoms with van der Waals surface area (Å²) in [6.07, 6.45) is 4.14. The van der Waals surface area contributed by atoms with Crippen molar-refractivity contribution in [3.63, 3.8) is 0 Å². The van der Waals surface area contributed by atoms with Gasteiger partial charge in [-0.25, -0.2) is 4.98 Å². The molecule has 1 saturated carbocycles. The summed E-state index contributed by atoms with van der Waals surface area (Å²) in [5, 5.41) is 23.0. The van der Waals surface area contributed by atoms with Gasteiger partial charge >= 0.3 is 0 Å². The average molecular weight is 374 g/mol. The monoisotopic (exact) mass is 374 g/mol. The fourth-order valence-electron chi connectivity index (χ4n) is 3.22. The second kappa shape index (κ2) is 7.48. The van der Waals surface area contributed by atoms with Crippen LogP contribution in [-0.4, -0.2) is 33.2 Å². The fraction of sp³-hybridized carbons (Fsp3) is 0.250. The molecule has 0 aliphatic heterocycles. The number of amides is 1. The summed E-state index contributed by atoms with van der Waals surface area (Å²) in [6, 6.07) is 14.7. The van der Waals surface area contributed by atoms with E-state index >= 15 is 0 Å². The summed E-state index contributed by atoms with van der Waals surface area (Å²) in [5.74, 6) is 0.748. The molecule has 0 radical (unpaired) electrons. The minimum absolute atomic E-state index is 0.263. The number of oxazole rings is 1. The predicted octanol–water partition coefficient (Wildman–Crippen LogP) is 2.77. The molecule has 0 saturated heterocycles. The van der Waals surface area contributed by atoms with E-state index in [1.165, 1.54) is 6.39 Å². The molecule has 4 rings (SSSR count). The molecule has 1 amide bonds. The highest BCUT2D eigenvalue weighted by molar-refractivity contribution is 5.97. The van der Waals surface area contributed by atoms with Crippen LogP contribution in [0.25, 0.3) is 11.3 Å². The van der Waals surface area contributed by atoms with E-state index in [1.54, 1.807) is 12.1 Å². The summed E-state index contributed by atoms with van der Waals surface area (Å²) in [5.41, 5.74) is 1.05. The van der Waals surface area contributed by atoms with Crippen LogP contribution in [0, 0.1) is 11.3 Å². The number of carbonyl (C=O) groups is 1. The van der Waals surface area contributed by atoms with Crippen molar-refractivity contribution in [1.82, 2.24) is 20.5 Å². The standard InChI is InChI=1S/C20H18N6O2/c21-11-15-7-8-16(26-25-15)24-20(9-4-10-20)12-22-19(27)17-18(28-13-23-17)14-5-2-1-3-6-14/h1-3,5-8,13H,4,9-10,12H2,(H,22,27)(H,24,26). The molecule has 2 aromatic heterocycles. The van der Waals surface area contributed by atoms with E-state index in [-0.39, 0.29) is 22.8 Å². The molecule has 0 bridgehead atoms. The SMILES string of the molecule is N#Cc1ccc(NC2(CNC(=O)c3ncoc3-c3ccccc3)CCC2)nn1. The lowest BCUT2D eigenvalue weighted by Gasteiger charge is -2.42. The molecule has 8 heteroatoms. The lowest BCUT2D eigenvalue weighted by atomic mass is 9.76. The van der Waals surface area contributed by atoms with E-state index < -0.39 is 0 Å². The topological polar surface area (TPSA) is 117 Å². The van der Waals surface area contributed by atoms with E-state index in [9.17, 15) is 4.79 Å². The minimum Gasteiger partial charge on any atom is -0.443 e. The van der Waals surface area contributed by atoms with Gasteiger partial charge in [-0.3, -0.25) is 4.79 Å². The number of anilines is 1. The third kappa shape index (κ3) is 3.55. The zero-order chi connectivity index (χ0) is 19.4. The van der Waals surface area contributed by atoms with E-state index in [0.29, 0.717) is 18.1 Å². The van der Waals surface area contributed by atoms with Gasteiger partial charge in [0.1, 0.15) is 11.9 Å². The Bertz CT molecular complexity index is 1000. The molecule has 2 N–H and O–H groups in total. The molecular weight excluding hydrogens is 356 g/mol. The summed E-state index contributed by atoms with van der Waals surface area (Å²) >= 11 is 0. The maximum Gasteiger partial charge on any atom is 0.274 e. The van der Waals surface area contributed by atoms with Crippen molar-refractivity contribution in [2.45, 2.75) is 24.8 Å². The number of nitrogens with zero attached hydrogens (tertiary/aromatic N) is 4. The highest BCUT2D eigenvalue weighted by atomic mass is 16.3. The fourth-order valence-corrected chi connectivity index (χ4v) is 3.22. The highest BCUT2D eigenvalue weighted by Crippen LogP contribution is 2.34. The van der Waals surface area contributed by atoms with Crippen LogP contribution in [0.4, 0.5) is 5.82 Å². The number of hydrogen-bond acceptors (Lipinski definition) is 7. The van der Waals surface area contributed by atoms with Gasteiger partial charge in [-0.2, -0.15) is 5.26 Å². The molecule has 1 aliphatic rings. The van der Waals surface area contributed by atoms with Gasteiger partial charge in [0.2, 0.25) is 0 Å². The van der Waals surface area contributed by atoms with Gasteiger partial charge in [-0.15, -0.1) is 10.2 Å². The smallest absolute Gasteiger partial charge is 0.274 e. The van der Waals surface area contributed by atoms with Crippen LogP contribution in [0.2, 0.25) is 0 Å². The molecule has 1 aliphatic carbocycles. The summed E-state index contributed by atoms with van der Waals surface area (Å²) in [4.78, 5) is 16.8. The number of benzene rings is 1. The van der Waals surface area contributed by atoms with Crippen LogP contribution in [0.15, 0.2) is 53.3 Å². The van der Waals surface area contributed by atoms with Crippen molar-refractivity contribution in [3.05, 3.63) is 60.2 Å². The molecule has 0 spiro atoms. The second-order valence-corrected chi connectivity index (χ2v) is 6.75. The van der Waals surface area contributed by atoms with Crippen LogP contribution in [0.5, 0.6) is 0 Å². The number of nitriles is 1. The first-order valence-electron chi connectivity index (χ1n) is 8.98. The Hall–Kier alpha value is -3.73. The molecule has 2 heterocycles. The van der Waals surface area contributed by atoms with Gasteiger partial charge in [-0.1, -0.05) is 30.3 Å². The third-order valence-electron chi connectivity index (χ3n) is 4.89. The highest BCUT2D eigenvalue weighted by Gasteiger charge is 2.38. The zero-order valence-corrected chi connectivity index (χ0v) is 15.1. The van der Waals surface area contributed by atoms with Gasteiger partial charge < -0.3 is 15.1 Å². The Kier molecular flexibility index (Phi) is 4.72. The van der Waals surface area contributed by atoms with Gasteiger partial charge in [0.15, 0.2) is 23.5 Å². The number of nitrogens with one attached hydrogen (secondary N) is 2. The lowest BCUT2D eigenvalue weighted by molar-refractivity contribution is 0.0930. The van der Waals surface area contributed by atoms with E-state index in [2.05, 4.69) is 25.8 Å². The van der Waals surface area contributed by atoms with Gasteiger partial charge in [0.25, 0.3) is 5.91 Å². The predicted molar refractivity (Wildman–Crippen MR) is 101 cm³/mol. The van der Waals surface area contributed by atoms with E-state index in [1.807, 2.05) is 36.4 Å². The number of aromatic nitrogens is 3. The van der Waals surface area contributed by atoms with Crippen molar-refractivity contribution < 1.29 is 9.21 Å². The van der Waals surface area contributed by atoms with E-state index in [4.69, 9.17) is 9.68 Å². The second-order valence-electron chi connectivity index (χ2n) is 6.75. The molecule has 1 fully saturated rings. The van der Waals surface area contributed by atoms with Crippen LogP contribution in [0.3, 0.4) is 0 Å². The molecule has 8 nitrogen and oxygen atoms in total. The first-order chi connectivity index (χ1) is 13.7. The Balaban J connectivity index is 1.44. The Morgan fingerprint density at radius 3 is 2.64 bits per heavy atom. The summed E-state index contributed by atoms with van der Waals surface area (Å²) in [6.45, 7) is 0.425. The Morgan fingerprint density at radius 1 is 1.18 bits per heavy atom. The molecule has 28 heavy (non-hydrogen) atoms. The third-order valence-corrected chi connectivity index (χ3v) is 4.89. The van der Waals surface area contributed by atoms with Crippen LogP contribution < -0.4 is 10.6 Å². The van der Waals surface area contributed by atoms with Crippen LogP contribution in [0.1, 0.15) is 35.4 Å². The Labute approximate surface area is 161 Å². The number of carbonyl (C=O) groups excluding carboxylic acids is 1. The maximum absolute atomic E-state index is 12.7. The maximum atomic E-state index is 12.7. The van der Waals surface area contributed by atoms with Crippen molar-refractivity contribution >= 4 is 11.7 Å². The lowest BCUT2D eigenvalue weighted by Crippen LogP contribution is -2.53. The molecule has 0 unspecified atom stereocenters. The van der Waals surface area contributed by atoms with Crippen molar-refractivity contribution in [2.75, 3.05) is 11.9 Å². The van der Waals surface area contributed by atoms with Gasteiger partial charge in [0.05, 0.1) is 5.54 Å². The number of rotatable bonds is 6. The van der Waals surface area contributed by atoms with Crippen LogP contribution >= 0.6 is 0 Å². The van der Waals surface area contributed by atoms with Gasteiger partial charge in [-0.05, 0) is 31.4 Å². The minimum atomic E-state index is -0.286. The summed E-state index contributed by atoms with van der Waals surface area (Å²) < 4.78 is 5.43. The van der Waals surface area contributed by atoms with E-state index in [0.717, 1.165) is 24.8 Å². The molecule has 1 aromatic carbocycles. The first-order valence-corrected chi connectivity index (χ1v) is 8.98. The van der Waals surface area contributed by atoms with Crippen molar-refractivity contribution in [3.8, 4) is 17.4 Å². The molecule has 3 aromatic rings. The molecular formula is C20H18N6O2. The molecule has 0 atom stereocenters. The summed E-state index contributed by atoms with van der Waals surface area (Å²) in [7, 11) is 0. The Morgan fingerprint density at radius 2 is 2.00 bits per heavy atom. The zero-order valence-electron chi connectivity index (χ0n) is 15.1. The van der Waals surface area contributed by atoms with Crippen molar-refractivity contribution in [2.24, 2.45) is 0 Å². The van der Waals surface area contributed by atoms with Crippen molar-refractivity contribution in [1.29, 1.82) is 5.26 Å². The quantitative estimate of drug-likeness (QED) is 0.681. The molecule has 140 valence electrons.